The fraction of sp³-hybridized carbons (Fsp3) is 0.348. The molecule has 5 aromatic rings. The van der Waals surface area contributed by atoms with Crippen LogP contribution in [-0.2, 0) is 14.2 Å². The molecule has 4 heterocycles. The van der Waals surface area contributed by atoms with E-state index >= 15 is 0 Å². The van der Waals surface area contributed by atoms with Crippen molar-refractivity contribution >= 4 is 45.9 Å². The summed E-state index contributed by atoms with van der Waals surface area (Å²) in [5.41, 5.74) is 4.05. The Labute approximate surface area is 338 Å². The third-order valence-electron chi connectivity index (χ3n) is 10.3. The van der Waals surface area contributed by atoms with Crippen LogP contribution >= 0.6 is 0 Å². The van der Waals surface area contributed by atoms with Crippen molar-refractivity contribution in [3.05, 3.63) is 107 Å². The van der Waals surface area contributed by atoms with Crippen LogP contribution in [0.3, 0.4) is 0 Å². The van der Waals surface area contributed by atoms with Gasteiger partial charge in [-0.05, 0) is 56.2 Å². The largest absolute Gasteiger partial charge is 0.474 e. The minimum absolute atomic E-state index is 0.0647. The number of carbonyl (C=O) groups is 2. The Morgan fingerprint density at radius 2 is 1.59 bits per heavy atom. The second-order valence-corrected chi connectivity index (χ2v) is 16.8. The van der Waals surface area contributed by atoms with E-state index in [1.54, 1.807) is 23.4 Å². The van der Waals surface area contributed by atoms with Gasteiger partial charge in [0.05, 0.1) is 36.2 Å². The molecule has 2 aromatic heterocycles. The number of ether oxygens (including phenoxy) is 4. The Hall–Kier alpha value is -6.32. The van der Waals surface area contributed by atoms with Gasteiger partial charge in [0.1, 0.15) is 35.9 Å². The third-order valence-corrected chi connectivity index (χ3v) is 10.3. The molecule has 0 spiro atoms. The van der Waals surface area contributed by atoms with Gasteiger partial charge in [0, 0.05) is 46.0 Å². The first kappa shape index (κ1) is 39.9. The molecule has 1 N–H and O–H groups in total. The van der Waals surface area contributed by atoms with Crippen LogP contribution in [0.5, 0.6) is 5.88 Å². The van der Waals surface area contributed by atoms with Gasteiger partial charge in [0.15, 0.2) is 0 Å². The van der Waals surface area contributed by atoms with E-state index in [0.29, 0.717) is 57.8 Å². The lowest BCUT2D eigenvalue weighted by molar-refractivity contribution is 0.0495. The number of fused-ring (bicyclic) bond motifs is 2. The van der Waals surface area contributed by atoms with Crippen molar-refractivity contribution in [2.45, 2.75) is 73.1 Å². The van der Waals surface area contributed by atoms with Gasteiger partial charge in [0.25, 0.3) is 0 Å². The molecule has 0 saturated carbocycles. The molecule has 12 nitrogen and oxygen atoms in total. The zero-order chi connectivity index (χ0) is 41.4. The number of nitrogens with zero attached hydrogens (tertiary/aromatic N) is 5. The fourth-order valence-electron chi connectivity index (χ4n) is 7.24. The van der Waals surface area contributed by atoms with Crippen LogP contribution in [0.2, 0.25) is 0 Å². The number of aliphatic imine (C=N–C) groups is 1. The van der Waals surface area contributed by atoms with Crippen molar-refractivity contribution in [2.75, 3.05) is 30.0 Å². The molecule has 0 bridgehead atoms. The average Bonchev–Trinajstić information content (AvgIpc) is 3.58. The van der Waals surface area contributed by atoms with Crippen molar-refractivity contribution in [3.63, 3.8) is 0 Å². The van der Waals surface area contributed by atoms with Crippen molar-refractivity contribution in [3.8, 4) is 23.1 Å². The molecule has 298 valence electrons. The van der Waals surface area contributed by atoms with Crippen molar-refractivity contribution in [2.24, 2.45) is 16.3 Å². The number of carbonyl (C=O) groups excluding carboxylic acids is 2. The van der Waals surface area contributed by atoms with E-state index in [-0.39, 0.29) is 35.9 Å². The van der Waals surface area contributed by atoms with Crippen LogP contribution in [0.25, 0.3) is 21.9 Å². The summed E-state index contributed by atoms with van der Waals surface area (Å²) in [7, 11) is 0. The van der Waals surface area contributed by atoms with E-state index in [2.05, 4.69) is 16.4 Å². The molecule has 1 fully saturated rings. The summed E-state index contributed by atoms with van der Waals surface area (Å²) in [6, 6.07) is 25.2. The van der Waals surface area contributed by atoms with Crippen molar-refractivity contribution < 1.29 is 28.5 Å². The maximum absolute atomic E-state index is 14.1. The maximum atomic E-state index is 14.1. The molecule has 1 saturated heterocycles. The molecule has 3 atom stereocenters. The Kier molecular flexibility index (Phi) is 10.9. The SMILES string of the molecule is Cc1c(-c2cc3cc(NC(=O)O[C@@H]4COC[C@H]4C)ncc3c(N=C(c3ccccc3)c3ccccc3)c2C#N)cnc2c1N(C(=O)OC(C)(C)C)C(C(C)(C)C)CO2. The quantitative estimate of drug-likeness (QED) is 0.166. The second kappa shape index (κ2) is 15.9. The summed E-state index contributed by atoms with van der Waals surface area (Å²) in [6.07, 6.45) is 1.72. The second-order valence-electron chi connectivity index (χ2n) is 16.8. The number of anilines is 2. The first-order valence-corrected chi connectivity index (χ1v) is 19.4. The molecule has 0 aliphatic carbocycles. The Morgan fingerprint density at radius 3 is 2.17 bits per heavy atom. The highest BCUT2D eigenvalue weighted by Crippen LogP contribution is 2.46. The van der Waals surface area contributed by atoms with Crippen LogP contribution in [-0.4, -0.2) is 65.4 Å². The number of hydrogen-bond acceptors (Lipinski definition) is 10. The minimum atomic E-state index is -0.763. The molecule has 0 radical (unpaired) electrons. The molecule has 58 heavy (non-hydrogen) atoms. The van der Waals surface area contributed by atoms with Gasteiger partial charge in [-0.2, -0.15) is 5.26 Å². The molecule has 12 heteroatoms. The van der Waals surface area contributed by atoms with Gasteiger partial charge in [0.2, 0.25) is 5.88 Å². The average molecular weight is 781 g/mol. The summed E-state index contributed by atoms with van der Waals surface area (Å²) in [6.45, 7) is 16.6. The highest BCUT2D eigenvalue weighted by Gasteiger charge is 2.43. The van der Waals surface area contributed by atoms with E-state index < -0.39 is 29.2 Å². The maximum Gasteiger partial charge on any atom is 0.415 e. The van der Waals surface area contributed by atoms with Crippen LogP contribution in [0.1, 0.15) is 70.7 Å². The monoisotopic (exact) mass is 780 g/mol. The normalized spacial score (nSPS) is 17.8. The van der Waals surface area contributed by atoms with Crippen molar-refractivity contribution in [1.82, 2.24) is 9.97 Å². The highest BCUT2D eigenvalue weighted by molar-refractivity contribution is 6.16. The smallest absolute Gasteiger partial charge is 0.415 e. The third kappa shape index (κ3) is 8.22. The molecular weight excluding hydrogens is 733 g/mol. The Bertz CT molecular complexity index is 2390. The molecule has 2 aliphatic heterocycles. The minimum Gasteiger partial charge on any atom is -0.474 e. The zero-order valence-electron chi connectivity index (χ0n) is 34.1. The van der Waals surface area contributed by atoms with Crippen LogP contribution in [0.4, 0.5) is 26.8 Å². The standard InChI is InChI=1S/C46H48N6O6/c1-27-24-55-25-36(27)57-43(53)50-38-20-31-19-32(34-22-49-42-41(28(34)2)52(44(54)58-46(6,7)8)37(26-56-42)45(3,4)5)33(21-47)40(35(31)23-48-38)51-39(29-15-11-9-12-16-29)30-17-13-10-14-18-30/h9-20,22-23,27,36-37H,24-26H2,1-8H3,(H,48,50,53)/t27-,36-,37?/m1/s1. The number of hydrogen-bond donors (Lipinski definition) is 1. The van der Waals surface area contributed by atoms with Gasteiger partial charge in [-0.3, -0.25) is 10.2 Å². The molecular formula is C46H48N6O6. The lowest BCUT2D eigenvalue weighted by atomic mass is 9.84. The van der Waals surface area contributed by atoms with E-state index in [4.69, 9.17) is 28.9 Å². The lowest BCUT2D eigenvalue weighted by Crippen LogP contribution is -2.54. The first-order valence-electron chi connectivity index (χ1n) is 19.4. The van der Waals surface area contributed by atoms with Gasteiger partial charge in [-0.1, -0.05) is 88.4 Å². The number of nitriles is 1. The van der Waals surface area contributed by atoms with Crippen LogP contribution < -0.4 is 15.0 Å². The van der Waals surface area contributed by atoms with E-state index in [0.717, 1.165) is 11.1 Å². The number of nitrogens with one attached hydrogen (secondary N) is 1. The van der Waals surface area contributed by atoms with Crippen molar-refractivity contribution in [1.29, 1.82) is 5.26 Å². The number of benzene rings is 3. The van der Waals surface area contributed by atoms with E-state index in [9.17, 15) is 14.9 Å². The van der Waals surface area contributed by atoms with Gasteiger partial charge < -0.3 is 18.9 Å². The van der Waals surface area contributed by atoms with Crippen LogP contribution in [0.15, 0.2) is 90.2 Å². The number of amides is 2. The Balaban J connectivity index is 1.46. The topological polar surface area (TPSA) is 148 Å². The summed E-state index contributed by atoms with van der Waals surface area (Å²) in [5, 5.41) is 15.1. The van der Waals surface area contributed by atoms with E-state index in [1.807, 2.05) is 122 Å². The van der Waals surface area contributed by atoms with E-state index in [1.165, 1.54) is 0 Å². The first-order chi connectivity index (χ1) is 27.6. The summed E-state index contributed by atoms with van der Waals surface area (Å²) < 4.78 is 23.3. The number of pyridine rings is 2. The van der Waals surface area contributed by atoms with Gasteiger partial charge in [-0.25, -0.2) is 24.5 Å². The fourth-order valence-corrected chi connectivity index (χ4v) is 7.24. The van der Waals surface area contributed by atoms with Gasteiger partial charge in [-0.15, -0.1) is 0 Å². The summed E-state index contributed by atoms with van der Waals surface area (Å²) in [5.74, 6) is 0.602. The van der Waals surface area contributed by atoms with Crippen LogP contribution in [0, 0.1) is 29.6 Å². The highest BCUT2D eigenvalue weighted by atomic mass is 16.6. The predicted octanol–water partition coefficient (Wildman–Crippen LogP) is 9.78. The number of rotatable bonds is 6. The Morgan fingerprint density at radius 1 is 0.914 bits per heavy atom. The molecule has 1 unspecified atom stereocenters. The molecule has 3 aromatic carbocycles. The lowest BCUT2D eigenvalue weighted by Gasteiger charge is -2.44. The molecule has 7 rings (SSSR count). The summed E-state index contributed by atoms with van der Waals surface area (Å²) in [4.78, 5) is 43.5. The number of aromatic nitrogens is 2. The zero-order valence-corrected chi connectivity index (χ0v) is 34.1. The predicted molar refractivity (Wildman–Crippen MR) is 224 cm³/mol. The molecule has 2 aliphatic rings. The summed E-state index contributed by atoms with van der Waals surface area (Å²) >= 11 is 0. The molecule has 2 amide bonds. The van der Waals surface area contributed by atoms with Gasteiger partial charge >= 0.3 is 12.2 Å².